The average Bonchev–Trinajstić information content (AvgIpc) is 2.52. The number of fused-ring (bicyclic) bond motifs is 1. The Morgan fingerprint density at radius 3 is 2.67 bits per heavy atom. The number of hydrogen-bond acceptors (Lipinski definition) is 5. The zero-order valence-electron chi connectivity index (χ0n) is 13.7. The van der Waals surface area contributed by atoms with Crippen molar-refractivity contribution in [3.63, 3.8) is 0 Å². The zero-order valence-corrected chi connectivity index (χ0v) is 15.4. The van der Waals surface area contributed by atoms with Crippen LogP contribution in [0.25, 0.3) is 11.0 Å². The third-order valence-corrected chi connectivity index (χ3v) is 5.89. The summed E-state index contributed by atoms with van der Waals surface area (Å²) in [4.78, 5) is 11.7. The van der Waals surface area contributed by atoms with Crippen molar-refractivity contribution in [2.75, 3.05) is 6.66 Å². The first-order chi connectivity index (χ1) is 11.4. The molecule has 0 saturated heterocycles. The van der Waals surface area contributed by atoms with Gasteiger partial charge in [0.15, 0.2) is 0 Å². The molecule has 7 heteroatoms. The molecule has 1 heterocycles. The molecular weight excluding hydrogens is 351 g/mol. The maximum Gasteiger partial charge on any atom is 0.376 e. The molecular formula is C17H20ClO5P. The van der Waals surface area contributed by atoms with E-state index in [2.05, 4.69) is 0 Å². The topological polar surface area (TPSA) is 65.7 Å². The van der Waals surface area contributed by atoms with Crippen LogP contribution in [-0.2, 0) is 9.09 Å². The summed E-state index contributed by atoms with van der Waals surface area (Å²) >= 11 is 5.91. The summed E-state index contributed by atoms with van der Waals surface area (Å²) in [5.74, 6) is 0.342. The molecule has 1 saturated carbocycles. The van der Waals surface area contributed by atoms with Crippen LogP contribution >= 0.6 is 19.2 Å². The molecule has 0 bridgehead atoms. The van der Waals surface area contributed by atoms with E-state index in [0.717, 1.165) is 25.7 Å². The second-order valence-electron chi connectivity index (χ2n) is 6.21. The first-order valence-electron chi connectivity index (χ1n) is 8.04. The Hall–Kier alpha value is -1.29. The van der Waals surface area contributed by atoms with Crippen LogP contribution in [0.15, 0.2) is 27.4 Å². The molecule has 130 valence electrons. The fourth-order valence-electron chi connectivity index (χ4n) is 3.02. The van der Waals surface area contributed by atoms with Crippen molar-refractivity contribution in [1.29, 1.82) is 0 Å². The largest absolute Gasteiger partial charge is 0.424 e. The lowest BCUT2D eigenvalue weighted by Gasteiger charge is -2.25. The third kappa shape index (κ3) is 3.85. The lowest BCUT2D eigenvalue weighted by Crippen LogP contribution is -2.16. The molecule has 1 aliphatic rings. The molecule has 1 aliphatic carbocycles. The van der Waals surface area contributed by atoms with E-state index >= 15 is 0 Å². The van der Waals surface area contributed by atoms with E-state index in [1.807, 2.05) is 0 Å². The first-order valence-corrected chi connectivity index (χ1v) is 10.4. The minimum atomic E-state index is -3.24. The molecule has 5 nitrogen and oxygen atoms in total. The van der Waals surface area contributed by atoms with Crippen molar-refractivity contribution in [3.8, 4) is 5.75 Å². The maximum atomic E-state index is 12.6. The molecule has 0 amide bonds. The fraction of sp³-hybridized carbons (Fsp3) is 0.471. The number of hydrogen-bond donors (Lipinski definition) is 0. The van der Waals surface area contributed by atoms with E-state index < -0.39 is 13.2 Å². The summed E-state index contributed by atoms with van der Waals surface area (Å²) in [6.45, 7) is 3.22. The van der Waals surface area contributed by atoms with Crippen LogP contribution in [0.3, 0.4) is 0 Å². The van der Waals surface area contributed by atoms with E-state index in [1.54, 1.807) is 25.1 Å². The van der Waals surface area contributed by atoms with Gasteiger partial charge in [-0.2, -0.15) is 0 Å². The average molecular weight is 371 g/mol. The SMILES string of the molecule is Cc1c(Cl)c(=O)oc2cc(O[P@](C)(=O)OC3CCCCC3)ccc12. The fourth-order valence-corrected chi connectivity index (χ4v) is 4.46. The maximum absolute atomic E-state index is 12.6. The normalized spacial score (nSPS) is 18.5. The van der Waals surface area contributed by atoms with Gasteiger partial charge in [0.25, 0.3) is 0 Å². The smallest absolute Gasteiger partial charge is 0.376 e. The van der Waals surface area contributed by atoms with Gasteiger partial charge in [-0.15, -0.1) is 0 Å². The summed E-state index contributed by atoms with van der Waals surface area (Å²) in [6.07, 6.45) is 5.17. The van der Waals surface area contributed by atoms with Crippen molar-refractivity contribution >= 4 is 30.2 Å². The number of aryl methyl sites for hydroxylation is 1. The summed E-state index contributed by atoms with van der Waals surface area (Å²) in [5, 5.41) is 0.782. The molecule has 1 aromatic carbocycles. The Bertz CT molecular complexity index is 854. The second kappa shape index (κ2) is 6.91. The molecule has 2 aromatic rings. The van der Waals surface area contributed by atoms with Gasteiger partial charge in [-0.1, -0.05) is 30.9 Å². The van der Waals surface area contributed by atoms with Crippen molar-refractivity contribution in [1.82, 2.24) is 0 Å². The highest BCUT2D eigenvalue weighted by atomic mass is 35.5. The highest BCUT2D eigenvalue weighted by molar-refractivity contribution is 7.53. The van der Waals surface area contributed by atoms with Gasteiger partial charge in [-0.25, -0.2) is 9.36 Å². The van der Waals surface area contributed by atoms with Crippen LogP contribution in [0.2, 0.25) is 5.02 Å². The third-order valence-electron chi connectivity index (χ3n) is 4.23. The molecule has 1 fully saturated rings. The van der Waals surface area contributed by atoms with E-state index in [9.17, 15) is 9.36 Å². The minimum Gasteiger partial charge on any atom is -0.424 e. The van der Waals surface area contributed by atoms with Gasteiger partial charge >= 0.3 is 13.2 Å². The van der Waals surface area contributed by atoms with Gasteiger partial charge < -0.3 is 8.94 Å². The van der Waals surface area contributed by atoms with Crippen LogP contribution in [0, 0.1) is 6.92 Å². The first kappa shape index (κ1) is 17.5. The quantitative estimate of drug-likeness (QED) is 0.539. The summed E-state index contributed by atoms with van der Waals surface area (Å²) in [6, 6.07) is 4.95. The van der Waals surface area contributed by atoms with Crippen molar-refractivity contribution in [3.05, 3.63) is 39.2 Å². The van der Waals surface area contributed by atoms with E-state index in [0.29, 0.717) is 22.3 Å². The lowest BCUT2D eigenvalue weighted by atomic mass is 9.98. The van der Waals surface area contributed by atoms with E-state index in [4.69, 9.17) is 25.1 Å². The Balaban J connectivity index is 1.83. The van der Waals surface area contributed by atoms with Gasteiger partial charge in [0.05, 0.1) is 6.10 Å². The Morgan fingerprint density at radius 2 is 1.96 bits per heavy atom. The molecule has 24 heavy (non-hydrogen) atoms. The standard InChI is InChI=1S/C17H20ClO5P/c1-11-14-9-8-13(10-15(14)21-17(19)16(11)18)23-24(2,20)22-12-6-4-3-5-7-12/h8-10,12H,3-7H2,1-2H3/t24-/m1/s1. The highest BCUT2D eigenvalue weighted by Gasteiger charge is 2.26. The van der Waals surface area contributed by atoms with Crippen molar-refractivity contribution in [2.45, 2.75) is 45.1 Å². The zero-order chi connectivity index (χ0) is 17.3. The van der Waals surface area contributed by atoms with Gasteiger partial charge in [0.2, 0.25) is 0 Å². The lowest BCUT2D eigenvalue weighted by molar-refractivity contribution is 0.140. The van der Waals surface area contributed by atoms with E-state index in [-0.39, 0.29) is 11.1 Å². The molecule has 0 aliphatic heterocycles. The Morgan fingerprint density at radius 1 is 1.25 bits per heavy atom. The van der Waals surface area contributed by atoms with Crippen LogP contribution in [-0.4, -0.2) is 12.8 Å². The monoisotopic (exact) mass is 370 g/mol. The minimum absolute atomic E-state index is 0.0194. The second-order valence-corrected chi connectivity index (χ2v) is 8.53. The molecule has 0 N–H and O–H groups in total. The Labute approximate surface area is 145 Å². The van der Waals surface area contributed by atoms with Gasteiger partial charge in [-0.3, -0.25) is 4.52 Å². The molecule has 0 spiro atoms. The highest BCUT2D eigenvalue weighted by Crippen LogP contribution is 2.47. The summed E-state index contributed by atoms with van der Waals surface area (Å²) < 4.78 is 29.0. The summed E-state index contributed by atoms with van der Waals surface area (Å²) in [5.41, 5.74) is 0.390. The van der Waals surface area contributed by atoms with Crippen molar-refractivity contribution in [2.24, 2.45) is 0 Å². The van der Waals surface area contributed by atoms with E-state index in [1.165, 1.54) is 13.1 Å². The Kier molecular flexibility index (Phi) is 5.05. The van der Waals surface area contributed by atoms with Gasteiger partial charge in [0.1, 0.15) is 16.4 Å². The molecule has 0 unspecified atom stereocenters. The molecule has 1 atom stereocenters. The van der Waals surface area contributed by atoms with Crippen LogP contribution in [0.5, 0.6) is 5.75 Å². The molecule has 1 aromatic heterocycles. The predicted molar refractivity (Wildman–Crippen MR) is 94.3 cm³/mol. The van der Waals surface area contributed by atoms with Crippen LogP contribution < -0.4 is 10.1 Å². The molecule has 0 radical (unpaired) electrons. The number of benzene rings is 1. The van der Waals surface area contributed by atoms with Gasteiger partial charge in [-0.05, 0) is 37.5 Å². The van der Waals surface area contributed by atoms with Crippen molar-refractivity contribution < 1.29 is 18.0 Å². The predicted octanol–water partition coefficient (Wildman–Crippen LogP) is 5.31. The van der Waals surface area contributed by atoms with Crippen LogP contribution in [0.1, 0.15) is 37.7 Å². The number of halogens is 1. The van der Waals surface area contributed by atoms with Gasteiger partial charge in [0, 0.05) is 18.1 Å². The molecule has 3 rings (SSSR count). The van der Waals surface area contributed by atoms with Crippen LogP contribution in [0.4, 0.5) is 0 Å². The number of rotatable bonds is 4. The summed E-state index contributed by atoms with van der Waals surface area (Å²) in [7, 11) is -3.24.